The molecule has 0 saturated carbocycles. The molecule has 4 heterocycles. The van der Waals surface area contributed by atoms with Gasteiger partial charge in [0, 0.05) is 42.7 Å². The number of aromatic nitrogens is 3. The van der Waals surface area contributed by atoms with Gasteiger partial charge in [-0.05, 0) is 35.7 Å². The molecule has 0 bridgehead atoms. The average molecular weight is 361 g/mol. The van der Waals surface area contributed by atoms with Gasteiger partial charge in [-0.25, -0.2) is 9.37 Å². The molecule has 27 heavy (non-hydrogen) atoms. The molecule has 2 aromatic heterocycles. The Kier molecular flexibility index (Phi) is 3.77. The van der Waals surface area contributed by atoms with E-state index < -0.39 is 6.17 Å². The molecule has 2 aliphatic rings. The van der Waals surface area contributed by atoms with Gasteiger partial charge in [0.25, 0.3) is 0 Å². The first-order valence-corrected chi connectivity index (χ1v) is 9.19. The van der Waals surface area contributed by atoms with Crippen LogP contribution in [0.5, 0.6) is 0 Å². The summed E-state index contributed by atoms with van der Waals surface area (Å²) in [5, 5.41) is 4.27. The van der Waals surface area contributed by atoms with Gasteiger partial charge in [0.05, 0.1) is 25.0 Å². The summed E-state index contributed by atoms with van der Waals surface area (Å²) in [5.74, 6) is 0.826. The molecule has 0 radical (unpaired) electrons. The Bertz CT molecular complexity index is 1040. The van der Waals surface area contributed by atoms with Crippen molar-refractivity contribution >= 4 is 11.5 Å². The van der Waals surface area contributed by atoms with Gasteiger partial charge in [0.2, 0.25) is 0 Å². The van der Waals surface area contributed by atoms with Crippen molar-refractivity contribution in [2.75, 3.05) is 18.0 Å². The van der Waals surface area contributed by atoms with Gasteiger partial charge in [-0.3, -0.25) is 9.67 Å². The zero-order valence-corrected chi connectivity index (χ0v) is 15.1. The average Bonchev–Trinajstić information content (AvgIpc) is 3.41. The Balaban J connectivity index is 1.50. The molecule has 1 atom stereocenters. The molecule has 1 fully saturated rings. The zero-order valence-electron chi connectivity index (χ0n) is 15.1. The number of aliphatic imine (C=N–C) groups is 1. The van der Waals surface area contributed by atoms with Gasteiger partial charge in [-0.2, -0.15) is 5.10 Å². The van der Waals surface area contributed by atoms with Crippen LogP contribution >= 0.6 is 0 Å². The lowest BCUT2D eigenvalue weighted by Crippen LogP contribution is -2.21. The minimum Gasteiger partial charge on any atom is -0.354 e. The van der Waals surface area contributed by atoms with E-state index in [1.54, 1.807) is 10.9 Å². The molecule has 5 rings (SSSR count). The fraction of sp³-hybridized carbons (Fsp3) is 0.286. The zero-order chi connectivity index (χ0) is 18.4. The molecule has 0 aliphatic carbocycles. The van der Waals surface area contributed by atoms with E-state index >= 15 is 0 Å². The number of halogens is 1. The van der Waals surface area contributed by atoms with Gasteiger partial charge >= 0.3 is 0 Å². The van der Waals surface area contributed by atoms with Gasteiger partial charge in [0.1, 0.15) is 12.0 Å². The van der Waals surface area contributed by atoms with Crippen LogP contribution in [-0.4, -0.2) is 39.7 Å². The summed E-state index contributed by atoms with van der Waals surface area (Å²) in [6.45, 7) is 1.82. The minimum atomic E-state index is -0.762. The quantitative estimate of drug-likeness (QED) is 0.718. The molecule has 6 heteroatoms. The number of hydrogen-bond donors (Lipinski definition) is 0. The Morgan fingerprint density at radius 3 is 2.81 bits per heavy atom. The van der Waals surface area contributed by atoms with Crippen molar-refractivity contribution in [1.82, 2.24) is 14.8 Å². The number of rotatable bonds is 3. The van der Waals surface area contributed by atoms with Crippen LogP contribution in [0.15, 0.2) is 53.9 Å². The van der Waals surface area contributed by atoms with Crippen molar-refractivity contribution in [3.05, 3.63) is 65.6 Å². The van der Waals surface area contributed by atoms with E-state index in [2.05, 4.69) is 28.3 Å². The van der Waals surface area contributed by atoms with E-state index in [4.69, 9.17) is 4.99 Å². The van der Waals surface area contributed by atoms with Gasteiger partial charge in [0.15, 0.2) is 0 Å². The molecular formula is C21H20FN5. The van der Waals surface area contributed by atoms with E-state index in [1.165, 1.54) is 5.56 Å². The number of hydrogen-bond acceptors (Lipinski definition) is 4. The number of pyridine rings is 1. The fourth-order valence-corrected chi connectivity index (χ4v) is 3.85. The van der Waals surface area contributed by atoms with Gasteiger partial charge in [-0.15, -0.1) is 0 Å². The molecule has 136 valence electrons. The van der Waals surface area contributed by atoms with Crippen LogP contribution in [0.2, 0.25) is 0 Å². The van der Waals surface area contributed by atoms with Crippen molar-refractivity contribution in [1.29, 1.82) is 0 Å². The Morgan fingerprint density at radius 2 is 2.04 bits per heavy atom. The van der Waals surface area contributed by atoms with Crippen molar-refractivity contribution in [3.8, 4) is 11.1 Å². The molecular weight excluding hydrogens is 341 g/mol. The van der Waals surface area contributed by atoms with E-state index in [1.807, 2.05) is 36.5 Å². The predicted molar refractivity (Wildman–Crippen MR) is 104 cm³/mol. The van der Waals surface area contributed by atoms with Crippen LogP contribution < -0.4 is 4.90 Å². The summed E-state index contributed by atoms with van der Waals surface area (Å²) >= 11 is 0. The Labute approximate surface area is 157 Å². The van der Waals surface area contributed by atoms with Crippen LogP contribution in [0.3, 0.4) is 0 Å². The molecule has 5 nitrogen and oxygen atoms in total. The molecule has 0 unspecified atom stereocenters. The number of anilines is 1. The third-order valence-corrected chi connectivity index (χ3v) is 5.28. The van der Waals surface area contributed by atoms with E-state index in [9.17, 15) is 4.39 Å². The minimum absolute atomic E-state index is 0.421. The molecule has 3 aromatic rings. The first-order chi connectivity index (χ1) is 13.2. The van der Waals surface area contributed by atoms with E-state index in [-0.39, 0.29) is 0 Å². The molecule has 1 saturated heterocycles. The second kappa shape index (κ2) is 6.30. The molecule has 0 N–H and O–H groups in total. The number of nitrogens with zero attached hydrogens (tertiary/aromatic N) is 5. The second-order valence-corrected chi connectivity index (χ2v) is 7.17. The molecule has 2 aliphatic heterocycles. The maximum Gasteiger partial charge on any atom is 0.129 e. The lowest BCUT2D eigenvalue weighted by Gasteiger charge is -2.17. The first kappa shape index (κ1) is 16.2. The number of fused-ring (bicyclic) bond motifs is 1. The Morgan fingerprint density at radius 1 is 1.11 bits per heavy atom. The highest BCUT2D eigenvalue weighted by Gasteiger charge is 2.24. The summed E-state index contributed by atoms with van der Waals surface area (Å²) in [6, 6.07) is 10.5. The van der Waals surface area contributed by atoms with Gasteiger partial charge in [-0.1, -0.05) is 12.1 Å². The van der Waals surface area contributed by atoms with Gasteiger partial charge < -0.3 is 4.90 Å². The highest BCUT2D eigenvalue weighted by atomic mass is 19.1. The monoisotopic (exact) mass is 361 g/mol. The topological polar surface area (TPSA) is 46.3 Å². The van der Waals surface area contributed by atoms with Crippen molar-refractivity contribution in [2.24, 2.45) is 12.0 Å². The van der Waals surface area contributed by atoms with Crippen molar-refractivity contribution < 1.29 is 4.39 Å². The summed E-state index contributed by atoms with van der Waals surface area (Å²) in [5.41, 5.74) is 6.61. The Hall–Kier alpha value is -3.02. The van der Waals surface area contributed by atoms with Crippen LogP contribution in [-0.2, 0) is 13.6 Å². The predicted octanol–water partition coefficient (Wildman–Crippen LogP) is 3.38. The standard InChI is InChI=1S/C21H20FN5/c1-26-12-17(11-25-26)14-2-3-16-10-24-21(19(16)8-14)15-4-6-23-20(9-15)27-7-5-18(22)13-27/h2-4,6,8-9,11-12,18H,5,7,10,13H2,1H3/t18-/m0/s1. The maximum atomic E-state index is 13.6. The summed E-state index contributed by atoms with van der Waals surface area (Å²) in [7, 11) is 1.92. The normalized spacial score (nSPS) is 18.7. The van der Waals surface area contributed by atoms with E-state index in [0.717, 1.165) is 33.8 Å². The summed E-state index contributed by atoms with van der Waals surface area (Å²) in [6.07, 6.45) is 5.49. The maximum absolute atomic E-state index is 13.6. The third kappa shape index (κ3) is 2.91. The molecule has 0 amide bonds. The lowest BCUT2D eigenvalue weighted by atomic mass is 9.96. The molecule has 0 spiro atoms. The fourth-order valence-electron chi connectivity index (χ4n) is 3.85. The first-order valence-electron chi connectivity index (χ1n) is 9.19. The van der Waals surface area contributed by atoms with Crippen LogP contribution in [0, 0.1) is 0 Å². The van der Waals surface area contributed by atoms with Crippen LogP contribution in [0.1, 0.15) is 23.1 Å². The van der Waals surface area contributed by atoms with E-state index in [0.29, 0.717) is 26.1 Å². The van der Waals surface area contributed by atoms with Crippen molar-refractivity contribution in [3.63, 3.8) is 0 Å². The van der Waals surface area contributed by atoms with Crippen LogP contribution in [0.25, 0.3) is 11.1 Å². The van der Waals surface area contributed by atoms with Crippen LogP contribution in [0.4, 0.5) is 10.2 Å². The van der Waals surface area contributed by atoms with Crippen molar-refractivity contribution in [2.45, 2.75) is 19.1 Å². The summed E-state index contributed by atoms with van der Waals surface area (Å²) in [4.78, 5) is 11.2. The third-order valence-electron chi connectivity index (χ3n) is 5.28. The SMILES string of the molecule is Cn1cc(-c2ccc3c(c2)C(c2ccnc(N4CC[C@H](F)C4)c2)=NC3)cn1. The number of aryl methyl sites for hydroxylation is 1. The highest BCUT2D eigenvalue weighted by Crippen LogP contribution is 2.30. The molecule has 1 aromatic carbocycles. The number of alkyl halides is 1. The summed E-state index contributed by atoms with van der Waals surface area (Å²) < 4.78 is 15.4. The largest absolute Gasteiger partial charge is 0.354 e. The second-order valence-electron chi connectivity index (χ2n) is 7.17. The number of benzene rings is 1. The smallest absolute Gasteiger partial charge is 0.129 e. The highest BCUT2D eigenvalue weighted by molar-refractivity contribution is 6.15. The lowest BCUT2D eigenvalue weighted by molar-refractivity contribution is 0.364.